The van der Waals surface area contributed by atoms with Gasteiger partial charge in [-0.3, -0.25) is 4.79 Å². The minimum absolute atomic E-state index is 0. The van der Waals surface area contributed by atoms with Gasteiger partial charge in [-0.05, 0) is 12.1 Å². The Morgan fingerprint density at radius 3 is 2.50 bits per heavy atom. The second-order valence-corrected chi connectivity index (χ2v) is 3.16. The summed E-state index contributed by atoms with van der Waals surface area (Å²) >= 11 is 0. The molecule has 0 atom stereocenters. The number of halogens is 1. The topological polar surface area (TPSA) is 90.7 Å². The number of amides is 1. The molecule has 0 fully saturated rings. The predicted octanol–water partition coefficient (Wildman–Crippen LogP) is 0.801. The molecule has 0 aliphatic rings. The molecule has 7 heteroatoms. The number of esters is 1. The molecular weight excluding hydrogens is 260 g/mol. The van der Waals surface area contributed by atoms with E-state index in [1.54, 1.807) is 6.07 Å². The molecule has 0 aliphatic heterocycles. The molecule has 0 heterocycles. The molecule has 0 aromatic heterocycles. The van der Waals surface area contributed by atoms with Gasteiger partial charge in [0.2, 0.25) is 5.91 Å². The van der Waals surface area contributed by atoms with E-state index in [1.807, 2.05) is 0 Å². The van der Waals surface area contributed by atoms with Gasteiger partial charge < -0.3 is 20.5 Å². The molecule has 18 heavy (non-hydrogen) atoms. The van der Waals surface area contributed by atoms with E-state index in [0.29, 0.717) is 17.0 Å². The van der Waals surface area contributed by atoms with Crippen molar-refractivity contribution in [1.82, 2.24) is 0 Å². The van der Waals surface area contributed by atoms with E-state index in [4.69, 9.17) is 10.5 Å². The fourth-order valence-electron chi connectivity index (χ4n) is 1.26. The molecule has 6 nitrogen and oxygen atoms in total. The zero-order valence-electron chi connectivity index (χ0n) is 10.1. The highest BCUT2D eigenvalue weighted by Crippen LogP contribution is 2.23. The van der Waals surface area contributed by atoms with Crippen LogP contribution in [-0.2, 0) is 9.53 Å². The van der Waals surface area contributed by atoms with E-state index in [-0.39, 0.29) is 24.9 Å². The second kappa shape index (κ2) is 7.52. The van der Waals surface area contributed by atoms with E-state index >= 15 is 0 Å². The first-order chi connectivity index (χ1) is 8.12. The zero-order valence-corrected chi connectivity index (χ0v) is 10.9. The second-order valence-electron chi connectivity index (χ2n) is 3.16. The molecule has 0 saturated heterocycles. The lowest BCUT2D eigenvalue weighted by Crippen LogP contribution is -2.21. The largest absolute Gasteiger partial charge is 0.496 e. The number of hydrogen-bond acceptors (Lipinski definition) is 5. The van der Waals surface area contributed by atoms with Gasteiger partial charge in [0.05, 0.1) is 20.8 Å². The maximum absolute atomic E-state index is 11.4. The quantitative estimate of drug-likeness (QED) is 0.793. The molecule has 100 valence electrons. The Kier molecular flexibility index (Phi) is 6.77. The summed E-state index contributed by atoms with van der Waals surface area (Å²) < 4.78 is 9.64. The van der Waals surface area contributed by atoms with Crippen molar-refractivity contribution in [3.63, 3.8) is 0 Å². The smallest absolute Gasteiger partial charge is 0.341 e. The summed E-state index contributed by atoms with van der Waals surface area (Å²) in [6.45, 7) is -0.110. The molecule has 1 aromatic rings. The van der Waals surface area contributed by atoms with Gasteiger partial charge >= 0.3 is 5.97 Å². The van der Waals surface area contributed by atoms with Crippen molar-refractivity contribution in [2.45, 2.75) is 0 Å². The molecule has 0 spiro atoms. The van der Waals surface area contributed by atoms with Gasteiger partial charge in [0.25, 0.3) is 0 Å². The van der Waals surface area contributed by atoms with Crippen molar-refractivity contribution in [2.24, 2.45) is 5.73 Å². The Morgan fingerprint density at radius 2 is 2.00 bits per heavy atom. The van der Waals surface area contributed by atoms with Crippen LogP contribution in [0.1, 0.15) is 10.4 Å². The lowest BCUT2D eigenvalue weighted by Gasteiger charge is -2.09. The SMILES string of the molecule is COC(=O)c1ccc(NC(=O)CN)cc1OC.Cl. The van der Waals surface area contributed by atoms with Crippen molar-refractivity contribution in [3.8, 4) is 5.75 Å². The average Bonchev–Trinajstić information content (AvgIpc) is 2.37. The summed E-state index contributed by atoms with van der Waals surface area (Å²) in [5, 5.41) is 2.55. The van der Waals surface area contributed by atoms with Crippen molar-refractivity contribution in [1.29, 1.82) is 0 Å². The van der Waals surface area contributed by atoms with Crippen LogP contribution in [0.25, 0.3) is 0 Å². The normalized spacial score (nSPS) is 9.06. The average molecular weight is 275 g/mol. The van der Waals surface area contributed by atoms with Crippen molar-refractivity contribution < 1.29 is 19.1 Å². The maximum Gasteiger partial charge on any atom is 0.341 e. The van der Waals surface area contributed by atoms with E-state index in [0.717, 1.165) is 0 Å². The van der Waals surface area contributed by atoms with Gasteiger partial charge in [-0.15, -0.1) is 12.4 Å². The van der Waals surface area contributed by atoms with Crippen LogP contribution in [0.3, 0.4) is 0 Å². The van der Waals surface area contributed by atoms with Crippen LogP contribution in [0.2, 0.25) is 0 Å². The Hall–Kier alpha value is -1.79. The molecule has 1 rings (SSSR count). The highest BCUT2D eigenvalue weighted by molar-refractivity contribution is 5.95. The third-order valence-electron chi connectivity index (χ3n) is 2.08. The molecule has 0 saturated carbocycles. The summed E-state index contributed by atoms with van der Waals surface area (Å²) in [6.07, 6.45) is 0. The van der Waals surface area contributed by atoms with Crippen LogP contribution in [0.4, 0.5) is 5.69 Å². The van der Waals surface area contributed by atoms with Gasteiger partial charge in [-0.2, -0.15) is 0 Å². The Bertz CT molecular complexity index is 437. The minimum atomic E-state index is -0.501. The van der Waals surface area contributed by atoms with Crippen LogP contribution < -0.4 is 15.8 Å². The fourth-order valence-corrected chi connectivity index (χ4v) is 1.26. The summed E-state index contributed by atoms with van der Waals surface area (Å²) in [7, 11) is 2.71. The standard InChI is InChI=1S/C11H14N2O4.ClH/c1-16-9-5-7(13-10(14)6-12)3-4-8(9)11(15)17-2;/h3-5H,6,12H2,1-2H3,(H,13,14);1H. The Morgan fingerprint density at radius 1 is 1.33 bits per heavy atom. The van der Waals surface area contributed by atoms with E-state index < -0.39 is 5.97 Å². The third kappa shape index (κ3) is 3.90. The predicted molar refractivity (Wildman–Crippen MR) is 69.3 cm³/mol. The van der Waals surface area contributed by atoms with Gasteiger partial charge in [-0.1, -0.05) is 0 Å². The number of benzene rings is 1. The fraction of sp³-hybridized carbons (Fsp3) is 0.273. The van der Waals surface area contributed by atoms with Gasteiger partial charge in [0, 0.05) is 11.8 Å². The molecule has 0 unspecified atom stereocenters. The first-order valence-corrected chi connectivity index (χ1v) is 4.88. The summed E-state index contributed by atoms with van der Waals surface area (Å²) in [5.41, 5.74) is 5.97. The molecule has 0 bridgehead atoms. The lowest BCUT2D eigenvalue weighted by atomic mass is 10.2. The first kappa shape index (κ1) is 16.2. The highest BCUT2D eigenvalue weighted by Gasteiger charge is 2.13. The van der Waals surface area contributed by atoms with Gasteiger partial charge in [0.15, 0.2) is 0 Å². The summed E-state index contributed by atoms with van der Waals surface area (Å²) in [6, 6.07) is 4.61. The summed E-state index contributed by atoms with van der Waals surface area (Å²) in [5.74, 6) is -0.497. The maximum atomic E-state index is 11.4. The van der Waals surface area contributed by atoms with Crippen molar-refractivity contribution in [3.05, 3.63) is 23.8 Å². The molecule has 0 aliphatic carbocycles. The number of carbonyl (C=O) groups is 2. The van der Waals surface area contributed by atoms with Gasteiger partial charge in [-0.25, -0.2) is 4.79 Å². The number of nitrogens with two attached hydrogens (primary N) is 1. The van der Waals surface area contributed by atoms with Gasteiger partial charge in [0.1, 0.15) is 11.3 Å². The highest BCUT2D eigenvalue weighted by atomic mass is 35.5. The molecule has 0 radical (unpaired) electrons. The zero-order chi connectivity index (χ0) is 12.8. The van der Waals surface area contributed by atoms with Crippen LogP contribution in [0, 0.1) is 0 Å². The molecule has 3 N–H and O–H groups in total. The number of ether oxygens (including phenoxy) is 2. The minimum Gasteiger partial charge on any atom is -0.496 e. The molecular formula is C11H15ClN2O4. The number of carbonyl (C=O) groups excluding carboxylic acids is 2. The van der Waals surface area contributed by atoms with Crippen molar-refractivity contribution >= 4 is 30.0 Å². The Balaban J connectivity index is 0.00000289. The number of methoxy groups -OCH3 is 2. The van der Waals surface area contributed by atoms with E-state index in [2.05, 4.69) is 10.1 Å². The summed E-state index contributed by atoms with van der Waals surface area (Å²) in [4.78, 5) is 22.5. The van der Waals surface area contributed by atoms with E-state index in [9.17, 15) is 9.59 Å². The molecule has 1 aromatic carbocycles. The third-order valence-corrected chi connectivity index (χ3v) is 2.08. The number of rotatable bonds is 4. The number of anilines is 1. The first-order valence-electron chi connectivity index (χ1n) is 4.88. The van der Waals surface area contributed by atoms with Crippen LogP contribution >= 0.6 is 12.4 Å². The van der Waals surface area contributed by atoms with Crippen LogP contribution in [0.15, 0.2) is 18.2 Å². The lowest BCUT2D eigenvalue weighted by molar-refractivity contribution is -0.114. The van der Waals surface area contributed by atoms with Crippen molar-refractivity contribution in [2.75, 3.05) is 26.1 Å². The Labute approximate surface area is 111 Å². The number of hydrogen-bond donors (Lipinski definition) is 2. The van der Waals surface area contributed by atoms with Crippen LogP contribution in [-0.4, -0.2) is 32.6 Å². The monoisotopic (exact) mass is 274 g/mol. The van der Waals surface area contributed by atoms with E-state index in [1.165, 1.54) is 26.4 Å². The molecule has 1 amide bonds. The number of nitrogens with one attached hydrogen (secondary N) is 1. The van der Waals surface area contributed by atoms with Crippen LogP contribution in [0.5, 0.6) is 5.75 Å².